The molecule has 3 saturated heterocycles. The summed E-state index contributed by atoms with van der Waals surface area (Å²) >= 11 is 0. The lowest BCUT2D eigenvalue weighted by Gasteiger charge is -2.48. The predicted molar refractivity (Wildman–Crippen MR) is 327 cm³/mol. The highest BCUT2D eigenvalue weighted by Gasteiger charge is 2.53. The van der Waals surface area contributed by atoms with Gasteiger partial charge in [0.25, 0.3) is 0 Å². The number of hydrogen-bond donors (Lipinski definition) is 12. The van der Waals surface area contributed by atoms with Crippen molar-refractivity contribution in [2.75, 3.05) is 26.4 Å². The summed E-state index contributed by atoms with van der Waals surface area (Å²) in [5.74, 6) is -0.320. The average Bonchev–Trinajstić information content (AvgIpc) is 3.64. The van der Waals surface area contributed by atoms with E-state index in [2.05, 4.69) is 116 Å². The summed E-state index contributed by atoms with van der Waals surface area (Å²) in [7, 11) is 0. The maximum absolute atomic E-state index is 13.4. The molecular formula is C66H109NO18. The van der Waals surface area contributed by atoms with E-state index in [0.29, 0.717) is 12.8 Å². The molecule has 1 amide bonds. The zero-order valence-corrected chi connectivity index (χ0v) is 50.8. The number of nitrogens with one attached hydrogen (secondary N) is 1. The first-order valence-electron chi connectivity index (χ1n) is 31.6. The largest absolute Gasteiger partial charge is 0.394 e. The van der Waals surface area contributed by atoms with Crippen LogP contribution in [0.15, 0.2) is 109 Å². The number of amides is 1. The van der Waals surface area contributed by atoms with Crippen molar-refractivity contribution in [1.82, 2.24) is 5.32 Å². The van der Waals surface area contributed by atoms with E-state index in [-0.39, 0.29) is 12.3 Å². The molecule has 3 heterocycles. The Morgan fingerprint density at radius 1 is 0.435 bits per heavy atom. The third kappa shape index (κ3) is 30.5. The highest BCUT2D eigenvalue weighted by molar-refractivity contribution is 5.76. The van der Waals surface area contributed by atoms with Crippen molar-refractivity contribution in [3.63, 3.8) is 0 Å². The van der Waals surface area contributed by atoms with Crippen LogP contribution >= 0.6 is 0 Å². The lowest BCUT2D eigenvalue weighted by Crippen LogP contribution is -2.66. The van der Waals surface area contributed by atoms with Crippen LogP contribution < -0.4 is 5.32 Å². The molecule has 0 radical (unpaired) electrons. The van der Waals surface area contributed by atoms with E-state index in [1.54, 1.807) is 6.08 Å². The van der Waals surface area contributed by atoms with Crippen molar-refractivity contribution in [1.29, 1.82) is 0 Å². The lowest BCUT2D eigenvalue weighted by molar-refractivity contribution is -0.379. The molecule has 0 aliphatic carbocycles. The normalized spacial score (nSPS) is 29.7. The van der Waals surface area contributed by atoms with E-state index in [1.807, 2.05) is 6.08 Å². The lowest BCUT2D eigenvalue weighted by atomic mass is 9.96. The highest BCUT2D eigenvalue weighted by Crippen LogP contribution is 2.33. The molecular weight excluding hydrogens is 1090 g/mol. The zero-order chi connectivity index (χ0) is 61.9. The first-order chi connectivity index (χ1) is 41.3. The number of rotatable bonds is 45. The molecule has 0 aromatic rings. The number of carbonyl (C=O) groups is 1. The fraction of sp³-hybridized carbons (Fsp3) is 0.712. The predicted octanol–water partition coefficient (Wildman–Crippen LogP) is 6.71. The second kappa shape index (κ2) is 47.5. The minimum Gasteiger partial charge on any atom is -0.394 e. The summed E-state index contributed by atoms with van der Waals surface area (Å²) < 4.78 is 34.2. The first kappa shape index (κ1) is 75.7. The van der Waals surface area contributed by atoms with E-state index in [0.717, 1.165) is 89.9 Å². The van der Waals surface area contributed by atoms with Crippen LogP contribution in [0.1, 0.15) is 168 Å². The standard InChI is InChI=1S/C66H109NO18/c1-3-5-7-9-11-13-15-17-19-21-22-23-24-25-26-28-30-32-34-36-38-40-42-44-54(72)67-49(50(71)43-41-39-37-35-33-31-29-27-20-18-16-14-12-10-8-6-4-2)48-80-64-60(78)57(75)62(52(46-69)82-64)85-66-61(79)58(76)63(53(47-70)83-66)84-65-59(77)56(74)55(73)51(45-68)81-65/h5,7,11,13,17,19-20,22-23,25-27,30,32-33,35,41,43,49-53,55-66,68-71,73-79H,3-4,6,8-10,12,14-16,18,21,24,28-29,31,34,36-40,42,44-48H2,1-2H3,(H,67,72)/b7-5-,13-11-,19-17-,23-22-,26-25-,27-20+,32-30-,35-33+,43-41+. The molecule has 0 aromatic heterocycles. The van der Waals surface area contributed by atoms with Crippen molar-refractivity contribution in [3.8, 4) is 0 Å². The first-order valence-corrected chi connectivity index (χ1v) is 31.6. The number of aliphatic hydroxyl groups is 11. The summed E-state index contributed by atoms with van der Waals surface area (Å²) in [5, 5.41) is 120. The van der Waals surface area contributed by atoms with Crippen LogP contribution in [-0.4, -0.2) is 193 Å². The third-order valence-electron chi connectivity index (χ3n) is 15.0. The molecule has 0 bridgehead atoms. The number of allylic oxidation sites excluding steroid dienone is 17. The van der Waals surface area contributed by atoms with Gasteiger partial charge in [0.1, 0.15) is 73.2 Å². The fourth-order valence-electron chi connectivity index (χ4n) is 9.87. The molecule has 0 saturated carbocycles. The second-order valence-electron chi connectivity index (χ2n) is 22.1. The van der Waals surface area contributed by atoms with Gasteiger partial charge in [-0.1, -0.05) is 175 Å². The van der Waals surface area contributed by atoms with E-state index in [1.165, 1.54) is 44.9 Å². The van der Waals surface area contributed by atoms with Crippen molar-refractivity contribution in [3.05, 3.63) is 109 Å². The van der Waals surface area contributed by atoms with Crippen molar-refractivity contribution < 1.29 is 89.4 Å². The van der Waals surface area contributed by atoms with Crippen LogP contribution in [-0.2, 0) is 33.2 Å². The molecule has 17 atom stereocenters. The smallest absolute Gasteiger partial charge is 0.220 e. The van der Waals surface area contributed by atoms with Gasteiger partial charge in [-0.15, -0.1) is 0 Å². The summed E-state index contributed by atoms with van der Waals surface area (Å²) in [4.78, 5) is 13.4. The number of hydrogen-bond acceptors (Lipinski definition) is 18. The van der Waals surface area contributed by atoms with Crippen molar-refractivity contribution >= 4 is 5.91 Å². The van der Waals surface area contributed by atoms with Crippen molar-refractivity contribution in [2.24, 2.45) is 0 Å². The van der Waals surface area contributed by atoms with Crippen LogP contribution in [0.5, 0.6) is 0 Å². The van der Waals surface area contributed by atoms with E-state index >= 15 is 0 Å². The molecule has 0 spiro atoms. The molecule has 17 unspecified atom stereocenters. The Balaban J connectivity index is 1.51. The maximum Gasteiger partial charge on any atom is 0.220 e. The Kier molecular flexibility index (Phi) is 42.3. The van der Waals surface area contributed by atoms with Crippen LogP contribution in [0, 0.1) is 0 Å². The Hall–Kier alpha value is -3.55. The Labute approximate surface area is 506 Å². The van der Waals surface area contributed by atoms with Gasteiger partial charge in [-0.25, -0.2) is 0 Å². The SMILES string of the molecule is CC/C=C\C/C=C\C/C=C\C/C=C\C/C=C\C/C=C\CCCCCCC(=O)NC(COC1OC(CO)C(OC2OC(CO)C(OC3OC(CO)C(O)C(O)C3O)C(O)C2O)C(O)C1O)C(O)/C=C/CC/C=C/CC/C=C/CCCCCCCCC. The summed E-state index contributed by atoms with van der Waals surface area (Å²) in [5.41, 5.74) is 0. The molecule has 3 aliphatic rings. The van der Waals surface area contributed by atoms with Gasteiger partial charge >= 0.3 is 0 Å². The van der Waals surface area contributed by atoms with Crippen LogP contribution in [0.3, 0.4) is 0 Å². The second-order valence-corrected chi connectivity index (χ2v) is 22.1. The number of aliphatic hydroxyl groups excluding tert-OH is 11. The van der Waals surface area contributed by atoms with Gasteiger partial charge < -0.3 is 89.9 Å². The molecule has 3 aliphatic heterocycles. The van der Waals surface area contributed by atoms with Gasteiger partial charge in [-0.2, -0.15) is 0 Å². The minimum atomic E-state index is -1.99. The quantitative estimate of drug-likeness (QED) is 0.0223. The van der Waals surface area contributed by atoms with Gasteiger partial charge in [-0.3, -0.25) is 4.79 Å². The van der Waals surface area contributed by atoms with E-state index < -0.39 is 131 Å². The Morgan fingerprint density at radius 2 is 0.824 bits per heavy atom. The fourth-order valence-corrected chi connectivity index (χ4v) is 9.87. The van der Waals surface area contributed by atoms with Gasteiger partial charge in [0.2, 0.25) is 5.91 Å². The molecule has 3 fully saturated rings. The number of unbranched alkanes of at least 4 members (excludes halogenated alkanes) is 13. The highest BCUT2D eigenvalue weighted by atomic mass is 16.8. The van der Waals surface area contributed by atoms with E-state index in [4.69, 9.17) is 28.4 Å². The molecule has 19 nitrogen and oxygen atoms in total. The number of ether oxygens (including phenoxy) is 6. The molecule has 85 heavy (non-hydrogen) atoms. The van der Waals surface area contributed by atoms with Gasteiger partial charge in [0.15, 0.2) is 18.9 Å². The van der Waals surface area contributed by atoms with Crippen LogP contribution in [0.4, 0.5) is 0 Å². The zero-order valence-electron chi connectivity index (χ0n) is 50.8. The molecule has 486 valence electrons. The summed E-state index contributed by atoms with van der Waals surface area (Å²) in [6.45, 7) is 1.53. The van der Waals surface area contributed by atoms with Crippen LogP contribution in [0.25, 0.3) is 0 Å². The summed E-state index contributed by atoms with van der Waals surface area (Å²) in [6.07, 6.45) is 34.9. The van der Waals surface area contributed by atoms with Crippen molar-refractivity contribution in [2.45, 2.75) is 272 Å². The third-order valence-corrected chi connectivity index (χ3v) is 15.0. The summed E-state index contributed by atoms with van der Waals surface area (Å²) in [6, 6.07) is -1.02. The molecule has 0 aromatic carbocycles. The topological polar surface area (TPSA) is 307 Å². The monoisotopic (exact) mass is 1200 g/mol. The number of carbonyl (C=O) groups excluding carboxylic acids is 1. The average molecular weight is 1200 g/mol. The van der Waals surface area contributed by atoms with Gasteiger partial charge in [0.05, 0.1) is 38.6 Å². The Bertz CT molecular complexity index is 1970. The van der Waals surface area contributed by atoms with Crippen LogP contribution in [0.2, 0.25) is 0 Å². The molecule has 3 rings (SSSR count). The maximum atomic E-state index is 13.4. The van der Waals surface area contributed by atoms with E-state index in [9.17, 15) is 61.0 Å². The minimum absolute atomic E-state index is 0.195. The Morgan fingerprint density at radius 3 is 1.32 bits per heavy atom. The molecule has 19 heteroatoms. The van der Waals surface area contributed by atoms with Gasteiger partial charge in [-0.05, 0) is 96.3 Å². The molecule has 12 N–H and O–H groups in total. The van der Waals surface area contributed by atoms with Gasteiger partial charge in [0, 0.05) is 6.42 Å².